The van der Waals surface area contributed by atoms with Crippen molar-refractivity contribution in [2.75, 3.05) is 39.6 Å². The van der Waals surface area contributed by atoms with Crippen LogP contribution in [0.3, 0.4) is 0 Å². The van der Waals surface area contributed by atoms with Gasteiger partial charge in [-0.3, -0.25) is 19.2 Å². The number of aliphatic carboxylic acids is 1. The summed E-state index contributed by atoms with van der Waals surface area (Å²) in [5.74, 6) is 0.874. The summed E-state index contributed by atoms with van der Waals surface area (Å²) in [4.78, 5) is 41.5. The van der Waals surface area contributed by atoms with Gasteiger partial charge >= 0.3 is 11.9 Å². The third-order valence-electron chi connectivity index (χ3n) is 11.9. The number of rotatable bonds is 32. The van der Waals surface area contributed by atoms with Gasteiger partial charge in [-0.1, -0.05) is 109 Å². The SMILES string of the molecule is CCCCCCCCC(=O)OC[C@@H]1[C@@H]2CCc3c(nnn3CCOCCOCCONC(=O)C(C)(C)CCCCCCCCCCC(C)(C)C(=O)O)CC[C@@H]21. The Morgan fingerprint density at radius 1 is 0.745 bits per heavy atom. The lowest BCUT2D eigenvalue weighted by Gasteiger charge is -2.23. The van der Waals surface area contributed by atoms with Gasteiger partial charge in [-0.25, -0.2) is 10.2 Å². The van der Waals surface area contributed by atoms with Gasteiger partial charge in [-0.15, -0.1) is 5.10 Å². The molecule has 0 aliphatic heterocycles. The molecule has 12 heteroatoms. The van der Waals surface area contributed by atoms with Gasteiger partial charge in [-0.05, 0) is 76.5 Å². The number of hydrogen-bond donors (Lipinski definition) is 2. The van der Waals surface area contributed by atoms with Gasteiger partial charge in [0.05, 0.1) is 63.0 Å². The van der Waals surface area contributed by atoms with Crippen LogP contribution in [0, 0.1) is 28.6 Å². The number of carbonyl (C=O) groups is 3. The first kappa shape index (κ1) is 46.8. The van der Waals surface area contributed by atoms with Crippen LogP contribution in [0.15, 0.2) is 0 Å². The maximum Gasteiger partial charge on any atom is 0.309 e. The first-order chi connectivity index (χ1) is 26.5. The Morgan fingerprint density at radius 2 is 1.31 bits per heavy atom. The van der Waals surface area contributed by atoms with E-state index < -0.39 is 16.8 Å². The minimum absolute atomic E-state index is 0.0344. The smallest absolute Gasteiger partial charge is 0.309 e. The fourth-order valence-corrected chi connectivity index (χ4v) is 7.80. The van der Waals surface area contributed by atoms with Crippen LogP contribution in [0.4, 0.5) is 0 Å². The van der Waals surface area contributed by atoms with Gasteiger partial charge in [0, 0.05) is 11.8 Å². The summed E-state index contributed by atoms with van der Waals surface area (Å²) in [6, 6.07) is 0. The lowest BCUT2D eigenvalue weighted by molar-refractivity contribution is -0.147. The standard InChI is InChI=1S/C43H76N4O8/c1-6-7-8-9-14-17-20-39(48)54-33-36-34-21-23-37-38(24-22-35(34)36)47(46-44-37)27-28-52-29-30-53-31-32-55-45-40(49)42(2,3)25-18-15-12-10-11-13-16-19-26-43(4,5)41(50)51/h34-36H,6-33H2,1-5H3,(H,45,49)(H,50,51)/t34-,35+,36-/m0/s1. The lowest BCUT2D eigenvalue weighted by Crippen LogP contribution is -2.37. The van der Waals surface area contributed by atoms with Crippen molar-refractivity contribution in [3.8, 4) is 0 Å². The first-order valence-corrected chi connectivity index (χ1v) is 21.8. The second kappa shape index (κ2) is 25.6. The molecule has 0 radical (unpaired) electrons. The summed E-state index contributed by atoms with van der Waals surface area (Å²) in [5.41, 5.74) is 3.77. The van der Waals surface area contributed by atoms with Crippen LogP contribution < -0.4 is 5.48 Å². The number of hydrogen-bond acceptors (Lipinski definition) is 9. The van der Waals surface area contributed by atoms with Crippen molar-refractivity contribution in [3.05, 3.63) is 11.4 Å². The molecule has 0 spiro atoms. The number of carboxylic acid groups (broad SMARTS) is 1. The van der Waals surface area contributed by atoms with E-state index >= 15 is 0 Å². The molecule has 2 N–H and O–H groups in total. The third-order valence-corrected chi connectivity index (χ3v) is 11.9. The minimum atomic E-state index is -0.717. The number of ether oxygens (including phenoxy) is 3. The van der Waals surface area contributed by atoms with Crippen molar-refractivity contribution in [2.45, 2.75) is 176 Å². The zero-order valence-corrected chi connectivity index (χ0v) is 35.2. The van der Waals surface area contributed by atoms with Gasteiger partial charge < -0.3 is 19.3 Å². The summed E-state index contributed by atoms with van der Waals surface area (Å²) in [5, 5.41) is 18.1. The normalized spacial score (nSPS) is 18.2. The van der Waals surface area contributed by atoms with Gasteiger partial charge in [0.15, 0.2) is 0 Å². The maximum absolute atomic E-state index is 12.7. The molecule has 2 aliphatic rings. The topological polar surface area (TPSA) is 151 Å². The third kappa shape index (κ3) is 18.1. The minimum Gasteiger partial charge on any atom is -0.481 e. The number of hydroxylamine groups is 1. The van der Waals surface area contributed by atoms with Crippen LogP contribution in [0.2, 0.25) is 0 Å². The van der Waals surface area contributed by atoms with Crippen LogP contribution in [0.25, 0.3) is 0 Å². The highest BCUT2D eigenvalue weighted by molar-refractivity contribution is 5.80. The Labute approximate surface area is 331 Å². The molecule has 3 atom stereocenters. The first-order valence-electron chi connectivity index (χ1n) is 21.8. The summed E-state index contributed by atoms with van der Waals surface area (Å²) >= 11 is 0. The molecule has 0 saturated heterocycles. The monoisotopic (exact) mass is 777 g/mol. The molecule has 1 aromatic heterocycles. The van der Waals surface area contributed by atoms with Crippen molar-refractivity contribution in [2.24, 2.45) is 28.6 Å². The highest BCUT2D eigenvalue weighted by Gasteiger charge is 2.50. The van der Waals surface area contributed by atoms with Crippen molar-refractivity contribution in [1.82, 2.24) is 20.5 Å². The van der Waals surface area contributed by atoms with Gasteiger partial charge in [0.1, 0.15) is 0 Å². The van der Waals surface area contributed by atoms with E-state index in [1.165, 1.54) is 44.2 Å². The Hall–Kier alpha value is -2.57. The predicted octanol–water partition coefficient (Wildman–Crippen LogP) is 8.43. The highest BCUT2D eigenvalue weighted by atomic mass is 16.7. The number of nitrogens with zero attached hydrogens (tertiary/aromatic N) is 3. The van der Waals surface area contributed by atoms with E-state index in [0.29, 0.717) is 63.8 Å². The van der Waals surface area contributed by atoms with Crippen LogP contribution in [0.1, 0.15) is 168 Å². The summed E-state index contributed by atoms with van der Waals surface area (Å²) < 4.78 is 19.1. The number of nitrogens with one attached hydrogen (secondary N) is 1. The number of carboxylic acids is 1. The Balaban J connectivity index is 1.14. The molecular formula is C43H76N4O8. The maximum atomic E-state index is 12.7. The summed E-state index contributed by atoms with van der Waals surface area (Å²) in [7, 11) is 0. The highest BCUT2D eigenvalue weighted by Crippen LogP contribution is 2.53. The molecule has 1 saturated carbocycles. The number of carbonyl (C=O) groups excluding carboxylic acids is 2. The molecule has 0 bridgehead atoms. The molecule has 12 nitrogen and oxygen atoms in total. The number of aromatic nitrogens is 3. The molecule has 1 fully saturated rings. The number of unbranched alkanes of at least 4 members (excludes halogenated alkanes) is 12. The molecule has 2 aliphatic carbocycles. The fourth-order valence-electron chi connectivity index (χ4n) is 7.80. The van der Waals surface area contributed by atoms with Crippen molar-refractivity contribution < 1.29 is 38.5 Å². The van der Waals surface area contributed by atoms with Crippen LogP contribution in [-0.2, 0) is 52.8 Å². The van der Waals surface area contributed by atoms with E-state index in [9.17, 15) is 19.5 Å². The van der Waals surface area contributed by atoms with E-state index in [2.05, 4.69) is 22.7 Å². The largest absolute Gasteiger partial charge is 0.481 e. The van der Waals surface area contributed by atoms with Crippen LogP contribution in [0.5, 0.6) is 0 Å². The van der Waals surface area contributed by atoms with Gasteiger partial charge in [-0.2, -0.15) is 0 Å². The van der Waals surface area contributed by atoms with Crippen molar-refractivity contribution in [3.63, 3.8) is 0 Å². The molecule has 3 rings (SSSR count). The Kier molecular flexibility index (Phi) is 21.8. The zero-order valence-electron chi connectivity index (χ0n) is 35.2. The molecule has 1 aromatic rings. The molecule has 1 heterocycles. The summed E-state index contributed by atoms with van der Waals surface area (Å²) in [6.45, 7) is 13.0. The molecular weight excluding hydrogens is 700 g/mol. The Morgan fingerprint density at radius 3 is 1.96 bits per heavy atom. The second-order valence-electron chi connectivity index (χ2n) is 17.4. The Bertz CT molecular complexity index is 1250. The van der Waals surface area contributed by atoms with E-state index in [-0.39, 0.29) is 18.5 Å². The van der Waals surface area contributed by atoms with Crippen LogP contribution >= 0.6 is 0 Å². The van der Waals surface area contributed by atoms with Crippen molar-refractivity contribution in [1.29, 1.82) is 0 Å². The van der Waals surface area contributed by atoms with Gasteiger partial charge in [0.2, 0.25) is 5.91 Å². The number of aryl methyl sites for hydroxylation is 1. The van der Waals surface area contributed by atoms with Crippen molar-refractivity contribution >= 4 is 17.8 Å². The van der Waals surface area contributed by atoms with E-state index in [1.807, 2.05) is 18.5 Å². The quantitative estimate of drug-likeness (QED) is 0.0415. The molecule has 0 aromatic carbocycles. The van der Waals surface area contributed by atoms with E-state index in [0.717, 1.165) is 95.6 Å². The molecule has 0 unspecified atom stereocenters. The van der Waals surface area contributed by atoms with E-state index in [1.54, 1.807) is 13.8 Å². The summed E-state index contributed by atoms with van der Waals surface area (Å²) in [6.07, 6.45) is 22.0. The second-order valence-corrected chi connectivity index (χ2v) is 17.4. The average Bonchev–Trinajstić information content (AvgIpc) is 3.66. The van der Waals surface area contributed by atoms with Crippen LogP contribution in [-0.4, -0.2) is 77.6 Å². The number of fused-ring (bicyclic) bond motifs is 2. The number of esters is 1. The van der Waals surface area contributed by atoms with E-state index in [4.69, 9.17) is 19.0 Å². The molecule has 55 heavy (non-hydrogen) atoms. The van der Waals surface area contributed by atoms with Gasteiger partial charge in [0.25, 0.3) is 0 Å². The fraction of sp³-hybridized carbons (Fsp3) is 0.884. The average molecular weight is 777 g/mol. The zero-order chi connectivity index (χ0) is 39.9. The lowest BCUT2D eigenvalue weighted by atomic mass is 9.86. The molecule has 1 amide bonds. The number of amides is 1. The molecule has 316 valence electrons. The predicted molar refractivity (Wildman–Crippen MR) is 213 cm³/mol.